The molecule has 0 fully saturated rings. The molecule has 1 aliphatic heterocycles. The molecule has 0 saturated heterocycles. The van der Waals surface area contributed by atoms with Gasteiger partial charge in [-0.3, -0.25) is 9.52 Å². The van der Waals surface area contributed by atoms with Gasteiger partial charge in [-0.1, -0.05) is 23.7 Å². The van der Waals surface area contributed by atoms with E-state index in [1.165, 1.54) is 23.6 Å². The maximum absolute atomic E-state index is 12.5. The van der Waals surface area contributed by atoms with Crippen LogP contribution in [0.1, 0.15) is 11.1 Å². The van der Waals surface area contributed by atoms with E-state index in [1.54, 1.807) is 46.7 Å². The van der Waals surface area contributed by atoms with E-state index < -0.39 is 10.0 Å². The number of carbonyl (C=O) groups is 1. The number of ether oxygens (including phenoxy) is 1. The summed E-state index contributed by atoms with van der Waals surface area (Å²) < 4.78 is 33.1. The van der Waals surface area contributed by atoms with E-state index in [9.17, 15) is 13.2 Å². The van der Waals surface area contributed by atoms with Crippen LogP contribution in [0.25, 0.3) is 0 Å². The Labute approximate surface area is 177 Å². The van der Waals surface area contributed by atoms with Crippen molar-refractivity contribution in [3.63, 3.8) is 0 Å². The number of benzene rings is 2. The lowest BCUT2D eigenvalue weighted by molar-refractivity contribution is -0.134. The number of nitrogens with zero attached hydrogens (tertiary/aromatic N) is 2. The molecule has 0 saturated carbocycles. The van der Waals surface area contributed by atoms with Gasteiger partial charge < -0.3 is 9.64 Å². The molecule has 2 aromatic carbocycles. The molecule has 1 aliphatic rings. The van der Waals surface area contributed by atoms with E-state index in [2.05, 4.69) is 9.71 Å². The van der Waals surface area contributed by atoms with Crippen LogP contribution in [0, 0.1) is 0 Å². The van der Waals surface area contributed by atoms with Crippen molar-refractivity contribution < 1.29 is 17.9 Å². The van der Waals surface area contributed by atoms with Gasteiger partial charge in [0.05, 0.1) is 4.90 Å². The zero-order chi connectivity index (χ0) is 20.4. The van der Waals surface area contributed by atoms with Crippen molar-refractivity contribution in [2.75, 3.05) is 11.3 Å². The zero-order valence-electron chi connectivity index (χ0n) is 15.0. The monoisotopic (exact) mass is 449 g/mol. The molecule has 0 unspecified atom stereocenters. The van der Waals surface area contributed by atoms with Crippen LogP contribution in [0.15, 0.2) is 58.9 Å². The quantitative estimate of drug-likeness (QED) is 0.622. The summed E-state index contributed by atoms with van der Waals surface area (Å²) in [6.45, 7) is 0.617. The van der Waals surface area contributed by atoms with Crippen LogP contribution in [0.4, 0.5) is 5.13 Å². The Morgan fingerprint density at radius 2 is 2.03 bits per heavy atom. The van der Waals surface area contributed by atoms with Crippen LogP contribution >= 0.6 is 22.9 Å². The number of fused-ring (bicyclic) bond motifs is 1. The number of thiazole rings is 1. The van der Waals surface area contributed by atoms with Gasteiger partial charge >= 0.3 is 0 Å². The molecule has 0 aliphatic carbocycles. The van der Waals surface area contributed by atoms with E-state index >= 15 is 0 Å². The minimum absolute atomic E-state index is 0.120. The fraction of sp³-hybridized carbons (Fsp3) is 0.158. The predicted octanol–water partition coefficient (Wildman–Crippen LogP) is 3.52. The third-order valence-corrected chi connectivity index (χ3v) is 6.76. The van der Waals surface area contributed by atoms with Gasteiger partial charge in [0, 0.05) is 29.7 Å². The Bertz CT molecular complexity index is 1150. The number of anilines is 1. The smallest absolute Gasteiger partial charge is 0.263 e. The summed E-state index contributed by atoms with van der Waals surface area (Å²) in [7, 11) is -3.74. The summed E-state index contributed by atoms with van der Waals surface area (Å²) in [5.41, 5.74) is 1.71. The lowest BCUT2D eigenvalue weighted by Crippen LogP contribution is -2.30. The second-order valence-corrected chi connectivity index (χ2v) is 9.38. The average molecular weight is 450 g/mol. The van der Waals surface area contributed by atoms with Gasteiger partial charge in [0.1, 0.15) is 5.75 Å². The summed E-state index contributed by atoms with van der Waals surface area (Å²) >= 11 is 7.11. The van der Waals surface area contributed by atoms with Crippen molar-refractivity contribution in [1.29, 1.82) is 0 Å². The molecule has 7 nitrogen and oxygen atoms in total. The molecule has 1 amide bonds. The number of aromatic nitrogens is 1. The molecule has 0 atom stereocenters. The third kappa shape index (κ3) is 4.52. The first kappa shape index (κ1) is 19.7. The van der Waals surface area contributed by atoms with Crippen molar-refractivity contribution in [3.05, 3.63) is 70.2 Å². The van der Waals surface area contributed by atoms with Crippen LogP contribution in [0.3, 0.4) is 0 Å². The second kappa shape index (κ2) is 8.02. The number of nitrogens with one attached hydrogen (secondary N) is 1. The van der Waals surface area contributed by atoms with E-state index in [-0.39, 0.29) is 17.4 Å². The van der Waals surface area contributed by atoms with Crippen molar-refractivity contribution >= 4 is 44.0 Å². The van der Waals surface area contributed by atoms with E-state index in [1.807, 2.05) is 0 Å². The molecule has 29 heavy (non-hydrogen) atoms. The number of hydrogen-bond acceptors (Lipinski definition) is 6. The molecule has 2 heterocycles. The molecule has 3 aromatic rings. The van der Waals surface area contributed by atoms with Crippen LogP contribution < -0.4 is 9.46 Å². The van der Waals surface area contributed by atoms with E-state index in [0.717, 1.165) is 11.1 Å². The van der Waals surface area contributed by atoms with Gasteiger partial charge in [-0.2, -0.15) is 0 Å². The first-order valence-electron chi connectivity index (χ1n) is 8.61. The molecule has 1 aromatic heterocycles. The summed E-state index contributed by atoms with van der Waals surface area (Å²) in [5.74, 6) is 0.329. The summed E-state index contributed by atoms with van der Waals surface area (Å²) in [6, 6.07) is 11.7. The van der Waals surface area contributed by atoms with Gasteiger partial charge in [0.25, 0.3) is 15.9 Å². The van der Waals surface area contributed by atoms with E-state index in [0.29, 0.717) is 29.0 Å². The highest BCUT2D eigenvalue weighted by atomic mass is 35.5. The molecule has 1 N–H and O–H groups in total. The lowest BCUT2D eigenvalue weighted by atomic mass is 10.1. The fourth-order valence-electron chi connectivity index (χ4n) is 2.96. The number of carbonyl (C=O) groups excluding carboxylic acids is 1. The Balaban J connectivity index is 1.42. The fourth-order valence-corrected chi connectivity index (χ4v) is 4.97. The molecule has 4 rings (SSSR count). The largest absolute Gasteiger partial charge is 0.484 e. The topological polar surface area (TPSA) is 88.6 Å². The van der Waals surface area contributed by atoms with Gasteiger partial charge in [-0.05, 0) is 41.5 Å². The van der Waals surface area contributed by atoms with Gasteiger partial charge in [0.15, 0.2) is 11.7 Å². The highest BCUT2D eigenvalue weighted by Crippen LogP contribution is 2.27. The summed E-state index contributed by atoms with van der Waals surface area (Å²) in [4.78, 5) is 18.2. The van der Waals surface area contributed by atoms with Crippen molar-refractivity contribution in [1.82, 2.24) is 9.88 Å². The minimum Gasteiger partial charge on any atom is -0.484 e. The normalized spacial score (nSPS) is 13.2. The average Bonchev–Trinajstić information content (AvgIpc) is 3.34. The SMILES string of the molecule is O=C(COc1cccc(Cl)c1)N1Cc2ccc(S(=O)(=O)Nc3nccs3)cc2C1. The van der Waals surface area contributed by atoms with E-state index in [4.69, 9.17) is 16.3 Å². The number of halogens is 1. The lowest BCUT2D eigenvalue weighted by Gasteiger charge is -2.15. The van der Waals surface area contributed by atoms with Crippen molar-refractivity contribution in [3.8, 4) is 5.75 Å². The van der Waals surface area contributed by atoms with Crippen molar-refractivity contribution in [2.24, 2.45) is 0 Å². The summed E-state index contributed by atoms with van der Waals surface area (Å²) in [5, 5.41) is 2.53. The summed E-state index contributed by atoms with van der Waals surface area (Å²) in [6.07, 6.45) is 1.53. The zero-order valence-corrected chi connectivity index (χ0v) is 17.4. The highest BCUT2D eigenvalue weighted by Gasteiger charge is 2.26. The second-order valence-electron chi connectivity index (χ2n) is 6.37. The molecular weight excluding hydrogens is 434 g/mol. The van der Waals surface area contributed by atoms with Gasteiger partial charge in [-0.15, -0.1) is 11.3 Å². The predicted molar refractivity (Wildman–Crippen MR) is 111 cm³/mol. The number of amides is 1. The molecule has 150 valence electrons. The Morgan fingerprint density at radius 1 is 1.21 bits per heavy atom. The van der Waals surface area contributed by atoms with Gasteiger partial charge in [0.2, 0.25) is 0 Å². The third-order valence-electron chi connectivity index (χ3n) is 4.38. The van der Waals surface area contributed by atoms with Crippen LogP contribution in [-0.4, -0.2) is 30.8 Å². The maximum atomic E-state index is 12.5. The van der Waals surface area contributed by atoms with Crippen LogP contribution in [-0.2, 0) is 27.9 Å². The first-order chi connectivity index (χ1) is 13.9. The maximum Gasteiger partial charge on any atom is 0.263 e. The minimum atomic E-state index is -3.74. The Morgan fingerprint density at radius 3 is 2.79 bits per heavy atom. The number of sulfonamides is 1. The number of rotatable bonds is 6. The van der Waals surface area contributed by atoms with Crippen LogP contribution in [0.5, 0.6) is 5.75 Å². The number of hydrogen-bond donors (Lipinski definition) is 1. The Hall–Kier alpha value is -2.62. The van der Waals surface area contributed by atoms with Crippen molar-refractivity contribution in [2.45, 2.75) is 18.0 Å². The Kier molecular flexibility index (Phi) is 5.44. The molecule has 0 bridgehead atoms. The first-order valence-corrected chi connectivity index (χ1v) is 11.3. The van der Waals surface area contributed by atoms with Gasteiger partial charge in [-0.25, -0.2) is 13.4 Å². The standard InChI is InChI=1S/C19H16ClN3O4S2/c20-15-2-1-3-16(9-15)27-12-18(24)23-10-13-4-5-17(8-14(13)11-23)29(25,26)22-19-21-6-7-28-19/h1-9H,10-12H2,(H,21,22). The highest BCUT2D eigenvalue weighted by molar-refractivity contribution is 7.93. The molecular formula is C19H16ClN3O4S2. The molecule has 0 radical (unpaired) electrons. The molecule has 10 heteroatoms. The molecule has 0 spiro atoms. The van der Waals surface area contributed by atoms with Crippen LogP contribution in [0.2, 0.25) is 5.02 Å².